The van der Waals surface area contributed by atoms with Crippen LogP contribution < -0.4 is 0 Å². The van der Waals surface area contributed by atoms with E-state index >= 15 is 0 Å². The van der Waals surface area contributed by atoms with Gasteiger partial charge in [-0.2, -0.15) is 0 Å². The van der Waals surface area contributed by atoms with Crippen LogP contribution in [0.4, 0.5) is 0 Å². The van der Waals surface area contributed by atoms with Gasteiger partial charge >= 0.3 is 0 Å². The smallest absolute Gasteiger partial charge is 0.0283 e. The average molecular weight is 238 g/mol. The predicted molar refractivity (Wildman–Crippen MR) is 27.0 cm³/mol. The van der Waals surface area contributed by atoms with Crippen molar-refractivity contribution in [1.82, 2.24) is 0 Å². The van der Waals surface area contributed by atoms with Crippen molar-refractivity contribution in [3.8, 4) is 0 Å². The number of hydrogen-bond acceptors (Lipinski definition) is 0. The summed E-state index contributed by atoms with van der Waals surface area (Å²) in [7, 11) is 4.39. The van der Waals surface area contributed by atoms with E-state index in [1.165, 1.54) is 9.76 Å². The van der Waals surface area contributed by atoms with Crippen LogP contribution in [0, 0.1) is 0 Å². The Morgan fingerprint density at radius 3 is 1.33 bits per heavy atom. The van der Waals surface area contributed by atoms with Gasteiger partial charge in [-0.05, 0) is 18.7 Å². The van der Waals surface area contributed by atoms with Crippen molar-refractivity contribution in [2.75, 3.05) is 0 Å². The van der Waals surface area contributed by atoms with Gasteiger partial charge in [0, 0.05) is 51.5 Å². The van der Waals surface area contributed by atoms with Gasteiger partial charge in [-0.15, -0.1) is 0 Å². The van der Waals surface area contributed by atoms with Crippen LogP contribution in [0.25, 0.3) is 0 Å². The van der Waals surface area contributed by atoms with Crippen molar-refractivity contribution >= 4 is 26.1 Å². The van der Waals surface area contributed by atoms with E-state index in [1.54, 1.807) is 0 Å². The van der Waals surface area contributed by atoms with Crippen LogP contribution in [-0.2, 0) is 51.5 Å². The van der Waals surface area contributed by atoms with Gasteiger partial charge in [-0.25, -0.2) is 0 Å². The molecule has 0 rings (SSSR count). The van der Waals surface area contributed by atoms with E-state index in [2.05, 4.69) is 7.44 Å². The molecule has 0 N–H and O–H groups in total. The van der Waals surface area contributed by atoms with Crippen LogP contribution in [0.3, 0.4) is 0 Å². The molecule has 0 unspecified atom stereocenters. The molecule has 0 aromatic rings. The molecule has 6 heteroatoms. The molecule has 40 valence electrons. The van der Waals surface area contributed by atoms with Gasteiger partial charge in [0.25, 0.3) is 0 Å². The van der Waals surface area contributed by atoms with Crippen LogP contribution in [0.5, 0.6) is 0 Å². The zero-order valence-corrected chi connectivity index (χ0v) is 10.7. The van der Waals surface area contributed by atoms with Crippen LogP contribution in [0.15, 0.2) is 0 Å². The Morgan fingerprint density at radius 2 is 1.33 bits per heavy atom. The average Bonchev–Trinajstić information content (AvgIpc) is 0.918. The normalized spacial score (nSPS) is 5.33. The molecule has 0 radical (unpaired) electrons. The molecule has 0 spiro atoms. The van der Waals surface area contributed by atoms with E-state index in [-0.39, 0.29) is 51.5 Å². The van der Waals surface area contributed by atoms with Crippen LogP contribution in [-0.4, -0.2) is 26.1 Å². The standard InChI is InChI=1S/BH7Si2.Cr.2Fe/c1-3-2;;;/h1,3H2,2H3;;;. The second-order valence-corrected chi connectivity index (χ2v) is 6.36. The Balaban J connectivity index is -0.00000000667. The van der Waals surface area contributed by atoms with E-state index in [1.807, 2.05) is 0 Å². The Bertz CT molecular complexity index is 11.5. The Morgan fingerprint density at radius 1 is 1.33 bits per heavy atom. The van der Waals surface area contributed by atoms with Crippen molar-refractivity contribution in [2.24, 2.45) is 0 Å². The van der Waals surface area contributed by atoms with Crippen LogP contribution in [0.1, 0.15) is 0 Å². The van der Waals surface area contributed by atoms with E-state index < -0.39 is 0 Å². The summed E-state index contributed by atoms with van der Waals surface area (Å²) in [6.45, 7) is 0. The molecule has 0 saturated heterocycles. The van der Waals surface area contributed by atoms with Gasteiger partial charge in [-0.1, -0.05) is 0 Å². The zero-order valence-electron chi connectivity index (χ0n) is 3.82. The predicted octanol–water partition coefficient (Wildman–Crippen LogP) is -3.02. The molecule has 0 atom stereocenters. The van der Waals surface area contributed by atoms with Gasteiger partial charge in [-0.3, -0.25) is 0 Å². The summed E-state index contributed by atoms with van der Waals surface area (Å²) in [6.07, 6.45) is 0. The van der Waals surface area contributed by atoms with Gasteiger partial charge in [0.1, 0.15) is 0 Å². The maximum atomic E-state index is 2.33. The minimum absolute atomic E-state index is 0. The third-order valence-corrected chi connectivity index (χ3v) is 0. The fourth-order valence-corrected chi connectivity index (χ4v) is 0. The van der Waals surface area contributed by atoms with E-state index in [0.717, 1.165) is 0 Å². The van der Waals surface area contributed by atoms with Gasteiger partial charge in [0.15, 0.2) is 0 Å². The minimum Gasteiger partial charge on any atom is -0.0283 e. The number of rotatable bonds is 0. The van der Waals surface area contributed by atoms with Crippen LogP contribution in [0.2, 0.25) is 0 Å². The molecule has 0 aromatic carbocycles. The Hall–Kier alpha value is 2.07. The van der Waals surface area contributed by atoms with Crippen LogP contribution >= 0.6 is 0 Å². The molecule has 0 nitrogen and oxygen atoms in total. The molecular formula is H7BCrFe2Si2. The van der Waals surface area contributed by atoms with Gasteiger partial charge in [0.05, 0.1) is 7.44 Å². The van der Waals surface area contributed by atoms with Gasteiger partial charge in [0.2, 0.25) is 0 Å². The quantitative estimate of drug-likeness (QED) is 0.394. The molecule has 0 bridgehead atoms. The summed E-state index contributed by atoms with van der Waals surface area (Å²) in [4.78, 5) is 0. The van der Waals surface area contributed by atoms with Crippen molar-refractivity contribution < 1.29 is 51.5 Å². The Kier molecular flexibility index (Phi) is 112. The SMILES string of the molecule is B[SiH2][SiH3].[Cr].[Fe].[Fe]. The van der Waals surface area contributed by atoms with Gasteiger partial charge < -0.3 is 0 Å². The fourth-order valence-electron chi connectivity index (χ4n) is 0. The fraction of sp³-hybridized carbons (Fsp3) is 0. The molecule has 0 aliphatic rings. The summed E-state index contributed by atoms with van der Waals surface area (Å²) in [5.41, 5.74) is 0. The van der Waals surface area contributed by atoms with E-state index in [4.69, 9.17) is 0 Å². The molecule has 0 aromatic heterocycles. The summed E-state index contributed by atoms with van der Waals surface area (Å²) in [6, 6.07) is 0. The van der Waals surface area contributed by atoms with Crippen molar-refractivity contribution in [2.45, 2.75) is 0 Å². The minimum atomic E-state index is 0. The third kappa shape index (κ3) is 36.4. The maximum absolute atomic E-state index is 2.33. The molecule has 0 heterocycles. The molecule has 0 amide bonds. The molecule has 0 saturated carbocycles. The molecule has 6 heavy (non-hydrogen) atoms. The monoisotopic (exact) mass is 238 g/mol. The summed E-state index contributed by atoms with van der Waals surface area (Å²) in [5, 5.41) is 0. The first-order valence-corrected chi connectivity index (χ1v) is 8.49. The molecular weight excluding hydrogens is 231 g/mol. The maximum Gasteiger partial charge on any atom is 0.0857 e. The second-order valence-electron chi connectivity index (χ2n) is 0.707. The van der Waals surface area contributed by atoms with E-state index in [9.17, 15) is 0 Å². The zero-order chi connectivity index (χ0) is 2.71. The molecule has 0 aliphatic heterocycles. The first kappa shape index (κ1) is 24.4. The Labute approximate surface area is 77.1 Å². The third-order valence-electron chi connectivity index (χ3n) is 0. The summed E-state index contributed by atoms with van der Waals surface area (Å²) in [5.74, 6) is 0. The molecule has 0 aliphatic carbocycles. The largest absolute Gasteiger partial charge is 0.0857 e. The summed E-state index contributed by atoms with van der Waals surface area (Å²) >= 11 is 0. The van der Waals surface area contributed by atoms with E-state index in [0.29, 0.717) is 8.91 Å². The number of hydrogen-bond donors (Lipinski definition) is 0. The first-order chi connectivity index (χ1) is 1.41. The summed E-state index contributed by atoms with van der Waals surface area (Å²) < 4.78 is 0. The second kappa shape index (κ2) is 27.6. The van der Waals surface area contributed by atoms with Crippen molar-refractivity contribution in [3.63, 3.8) is 0 Å². The van der Waals surface area contributed by atoms with Crippen molar-refractivity contribution in [3.05, 3.63) is 0 Å². The first-order valence-electron chi connectivity index (χ1n) is 1.41. The van der Waals surface area contributed by atoms with Crippen molar-refractivity contribution in [1.29, 1.82) is 0 Å². The molecule has 0 fully saturated rings. The topological polar surface area (TPSA) is 0 Å².